The van der Waals surface area contributed by atoms with Crippen molar-refractivity contribution in [3.05, 3.63) is 0 Å². The van der Waals surface area contributed by atoms with Gasteiger partial charge in [-0.05, 0) is 0 Å². The van der Waals surface area contributed by atoms with Crippen LogP contribution in [0.15, 0.2) is 0 Å². The van der Waals surface area contributed by atoms with Crippen LogP contribution in [0.4, 0.5) is 0 Å². The first kappa shape index (κ1) is 6.17. The van der Waals surface area contributed by atoms with E-state index < -0.39 is 15.8 Å². The third kappa shape index (κ3) is 2.41. The van der Waals surface area contributed by atoms with Crippen molar-refractivity contribution in [3.63, 3.8) is 0 Å². The summed E-state index contributed by atoms with van der Waals surface area (Å²) in [6.45, 7) is 0.253. The standard InChI is InChI=1S/C2H6N2.O.V/c3-1-2-4;;/h1,3-4H2;;. The molecule has 6 heavy (non-hydrogen) atoms. The fourth-order valence-electron chi connectivity index (χ4n) is 0.0373. The Hall–Kier alpha value is 0.174. The topological polar surface area (TPSA) is 69.1 Å². The Bertz CT molecular complexity index is 85.5. The van der Waals surface area contributed by atoms with E-state index in [2.05, 4.69) is 0 Å². The van der Waals surface area contributed by atoms with Crippen LogP contribution in [0.2, 0.25) is 0 Å². The molecule has 4 heteroatoms. The average Bonchev–Trinajstić information content (AvgIpc) is 1.65. The Kier molecular flexibility index (Phi) is 3.47. The van der Waals surface area contributed by atoms with Gasteiger partial charge in [0.15, 0.2) is 0 Å². The monoisotopic (exact) mass is 125 g/mol. The molecule has 0 aliphatic carbocycles. The van der Waals surface area contributed by atoms with Crippen LogP contribution in [0.5, 0.6) is 0 Å². The Morgan fingerprint density at radius 1 is 1.83 bits per heavy atom. The maximum atomic E-state index is 9.71. The van der Waals surface area contributed by atoms with Gasteiger partial charge in [0, 0.05) is 0 Å². The Morgan fingerprint density at radius 3 is 2.33 bits per heavy atom. The summed E-state index contributed by atoms with van der Waals surface area (Å²) in [4.78, 5) is 0. The molecule has 35 valence electrons. The van der Waals surface area contributed by atoms with E-state index in [1.165, 1.54) is 0 Å². The SMILES string of the molecule is NC[C](N)=[V]=[O]. The van der Waals surface area contributed by atoms with Crippen molar-refractivity contribution in [3.8, 4) is 0 Å². The summed E-state index contributed by atoms with van der Waals surface area (Å²) in [6, 6.07) is 0. The first-order valence-electron chi connectivity index (χ1n) is 1.46. The second kappa shape index (κ2) is 3.37. The molecule has 0 atom stereocenters. The fourth-order valence-corrected chi connectivity index (χ4v) is 0.154. The predicted octanol–water partition coefficient (Wildman–Crippen LogP) is -1.54. The molecule has 0 radical (unpaired) electrons. The predicted molar refractivity (Wildman–Crippen MR) is 18.9 cm³/mol. The summed E-state index contributed by atoms with van der Waals surface area (Å²) in [7, 11) is 0. The van der Waals surface area contributed by atoms with Gasteiger partial charge in [-0.1, -0.05) is 0 Å². The maximum absolute atomic E-state index is 9.71. The molecule has 0 saturated heterocycles. The molecular formula is C2H6N2OV. The van der Waals surface area contributed by atoms with Crippen molar-refractivity contribution in [2.24, 2.45) is 11.5 Å². The molecule has 0 heterocycles. The van der Waals surface area contributed by atoms with Gasteiger partial charge in [-0.2, -0.15) is 0 Å². The zero-order valence-electron chi connectivity index (χ0n) is 3.22. The molecule has 0 aromatic heterocycles. The minimum atomic E-state index is -1.02. The Balaban J connectivity index is 3.52. The molecule has 0 aliphatic heterocycles. The molecule has 3 nitrogen and oxygen atoms in total. The van der Waals surface area contributed by atoms with Crippen LogP contribution in [-0.4, -0.2) is 10.9 Å². The molecule has 0 unspecified atom stereocenters. The molecule has 0 aliphatic rings. The molecule has 0 rings (SSSR count). The molecule has 0 amide bonds. The summed E-state index contributed by atoms with van der Waals surface area (Å²) < 4.78 is 10.1. The zero-order valence-corrected chi connectivity index (χ0v) is 4.61. The molecular weight excluding hydrogens is 119 g/mol. The minimum absolute atomic E-state index is 0.253. The third-order valence-electron chi connectivity index (χ3n) is 0.326. The van der Waals surface area contributed by atoms with E-state index >= 15 is 0 Å². The van der Waals surface area contributed by atoms with Gasteiger partial charge in [0.05, 0.1) is 0 Å². The Labute approximate surface area is 42.5 Å². The Morgan fingerprint density at radius 2 is 2.33 bits per heavy atom. The van der Waals surface area contributed by atoms with Gasteiger partial charge in [0.1, 0.15) is 0 Å². The van der Waals surface area contributed by atoms with E-state index in [-0.39, 0.29) is 6.54 Å². The van der Waals surface area contributed by atoms with Gasteiger partial charge in [-0.15, -0.1) is 0 Å². The molecule has 0 aromatic rings. The van der Waals surface area contributed by atoms with E-state index in [9.17, 15) is 3.67 Å². The van der Waals surface area contributed by atoms with Gasteiger partial charge in [-0.25, -0.2) is 0 Å². The van der Waals surface area contributed by atoms with Crippen molar-refractivity contribution in [2.45, 2.75) is 0 Å². The summed E-state index contributed by atoms with van der Waals surface area (Å²) in [5, 5.41) is 0. The van der Waals surface area contributed by atoms with Gasteiger partial charge in [0.2, 0.25) is 0 Å². The fraction of sp³-hybridized carbons (Fsp3) is 0.500. The molecule has 0 saturated carbocycles. The van der Waals surface area contributed by atoms with Gasteiger partial charge >= 0.3 is 41.8 Å². The number of nitrogens with two attached hydrogens (primary N) is 2. The van der Waals surface area contributed by atoms with Crippen molar-refractivity contribution in [1.29, 1.82) is 0 Å². The first-order chi connectivity index (χ1) is 2.81. The van der Waals surface area contributed by atoms with Crippen LogP contribution in [0.25, 0.3) is 0 Å². The molecule has 0 fully saturated rings. The number of rotatable bonds is 1. The zero-order chi connectivity index (χ0) is 4.99. The number of hydrogen-bond donors (Lipinski definition) is 2. The van der Waals surface area contributed by atoms with Gasteiger partial charge < -0.3 is 0 Å². The van der Waals surface area contributed by atoms with Crippen molar-refractivity contribution in [1.82, 2.24) is 0 Å². The summed E-state index contributed by atoms with van der Waals surface area (Å²) in [5.74, 6) is 0. The average molecular weight is 125 g/mol. The first-order valence-corrected chi connectivity index (χ1v) is 2.73. The van der Waals surface area contributed by atoms with Crippen LogP contribution >= 0.6 is 0 Å². The molecule has 0 aromatic carbocycles. The molecule has 4 N–H and O–H groups in total. The van der Waals surface area contributed by atoms with E-state index in [1.807, 2.05) is 0 Å². The molecule has 0 spiro atoms. The van der Waals surface area contributed by atoms with E-state index in [1.54, 1.807) is 0 Å². The molecule has 0 bridgehead atoms. The number of hydrogen-bond acceptors (Lipinski definition) is 3. The van der Waals surface area contributed by atoms with Crippen LogP contribution < -0.4 is 11.5 Å². The summed E-state index contributed by atoms with van der Waals surface area (Å²) in [6.07, 6.45) is 0. The quantitative estimate of drug-likeness (QED) is 0.446. The van der Waals surface area contributed by atoms with Crippen molar-refractivity contribution >= 4 is 4.35 Å². The third-order valence-corrected chi connectivity index (χ3v) is 0.978. The van der Waals surface area contributed by atoms with Crippen molar-refractivity contribution in [2.75, 3.05) is 6.54 Å². The summed E-state index contributed by atoms with van der Waals surface area (Å²) in [5.41, 5.74) is 9.94. The second-order valence-electron chi connectivity index (χ2n) is 0.787. The van der Waals surface area contributed by atoms with Crippen LogP contribution in [-0.2, 0) is 19.5 Å². The van der Waals surface area contributed by atoms with Crippen LogP contribution in [0, 0.1) is 0 Å². The van der Waals surface area contributed by atoms with E-state index in [0.717, 1.165) is 0 Å². The van der Waals surface area contributed by atoms with Gasteiger partial charge in [0.25, 0.3) is 0 Å². The van der Waals surface area contributed by atoms with E-state index in [0.29, 0.717) is 4.35 Å². The normalized spacial score (nSPS) is 7.00. The summed E-state index contributed by atoms with van der Waals surface area (Å²) >= 11 is -1.02. The van der Waals surface area contributed by atoms with Gasteiger partial charge in [-0.3, -0.25) is 0 Å². The van der Waals surface area contributed by atoms with Crippen molar-refractivity contribution < 1.29 is 19.5 Å². The second-order valence-corrected chi connectivity index (χ2v) is 1.97. The van der Waals surface area contributed by atoms with Crippen LogP contribution in [0.3, 0.4) is 0 Å². The van der Waals surface area contributed by atoms with Crippen LogP contribution in [0.1, 0.15) is 0 Å². The van der Waals surface area contributed by atoms with E-state index in [4.69, 9.17) is 11.5 Å².